The number of carboxylic acid groups (broad SMARTS) is 1. The Kier molecular flexibility index (Phi) is 10.5. The number of hydrogen-bond donors (Lipinski definition) is 9. The zero-order valence-corrected chi connectivity index (χ0v) is 17.0. The molecule has 1 heterocycles. The molecule has 29 heavy (non-hydrogen) atoms. The number of H-pyrrole nitrogens is 1. The van der Waals surface area contributed by atoms with Gasteiger partial charge in [0.05, 0.1) is 19.0 Å². The maximum Gasteiger partial charge on any atom is 0.327 e. The summed E-state index contributed by atoms with van der Waals surface area (Å²) in [5, 5.41) is 25.2. The molecule has 14 heteroatoms. The molecule has 3 amide bonds. The molecule has 0 bridgehead atoms. The number of nitrogens with two attached hydrogens (primary N) is 1. The number of carboxylic acids is 1. The van der Waals surface area contributed by atoms with Crippen molar-refractivity contribution in [1.82, 2.24) is 25.9 Å². The van der Waals surface area contributed by atoms with Crippen LogP contribution in [-0.4, -0.2) is 86.2 Å². The third-order valence-corrected chi connectivity index (χ3v) is 4.49. The van der Waals surface area contributed by atoms with Gasteiger partial charge in [-0.3, -0.25) is 14.4 Å². The lowest BCUT2D eigenvalue weighted by Crippen LogP contribution is -2.58. The van der Waals surface area contributed by atoms with Crippen LogP contribution in [0.25, 0.3) is 0 Å². The van der Waals surface area contributed by atoms with Crippen molar-refractivity contribution in [2.75, 3.05) is 18.1 Å². The monoisotopic (exact) mass is 448 g/mol. The first-order chi connectivity index (χ1) is 13.7. The third kappa shape index (κ3) is 7.92. The Morgan fingerprint density at radius 3 is 2.07 bits per heavy atom. The van der Waals surface area contributed by atoms with Crippen molar-refractivity contribution in [2.24, 2.45) is 5.73 Å². The molecule has 0 fully saturated rings. The largest absolute Gasteiger partial charge is 0.480 e. The van der Waals surface area contributed by atoms with E-state index in [1.165, 1.54) is 12.5 Å². The van der Waals surface area contributed by atoms with Crippen LogP contribution in [0.15, 0.2) is 12.5 Å². The smallest absolute Gasteiger partial charge is 0.327 e. The number of aliphatic hydroxyl groups is 1. The van der Waals surface area contributed by atoms with Gasteiger partial charge in [0.15, 0.2) is 0 Å². The molecule has 8 N–H and O–H groups in total. The second kappa shape index (κ2) is 12.3. The summed E-state index contributed by atoms with van der Waals surface area (Å²) in [6.45, 7) is -0.746. The molecule has 0 aromatic carbocycles. The molecule has 12 nitrogen and oxygen atoms in total. The summed E-state index contributed by atoms with van der Waals surface area (Å²) in [5.41, 5.74) is 6.39. The average molecular weight is 449 g/mol. The number of thiol groups is 2. The van der Waals surface area contributed by atoms with Crippen molar-refractivity contribution < 1.29 is 29.4 Å². The number of aromatic nitrogens is 2. The molecule has 1 rings (SSSR count). The molecule has 4 unspecified atom stereocenters. The normalized spacial score (nSPS) is 14.9. The van der Waals surface area contributed by atoms with E-state index in [1.54, 1.807) is 0 Å². The lowest BCUT2D eigenvalue weighted by Gasteiger charge is -2.23. The summed E-state index contributed by atoms with van der Waals surface area (Å²) in [5.74, 6) is -3.94. The number of carbonyl (C=O) groups is 4. The quantitative estimate of drug-likeness (QED) is 0.148. The fourth-order valence-corrected chi connectivity index (χ4v) is 2.63. The van der Waals surface area contributed by atoms with E-state index in [-0.39, 0.29) is 17.9 Å². The molecule has 0 saturated carbocycles. The highest BCUT2D eigenvalue weighted by molar-refractivity contribution is 7.80. The number of imidazole rings is 1. The van der Waals surface area contributed by atoms with Crippen LogP contribution in [-0.2, 0) is 25.6 Å². The molecular weight excluding hydrogens is 424 g/mol. The first-order valence-corrected chi connectivity index (χ1v) is 9.69. The maximum atomic E-state index is 12.3. The van der Waals surface area contributed by atoms with Crippen LogP contribution in [0.1, 0.15) is 5.69 Å². The van der Waals surface area contributed by atoms with E-state index in [1.807, 2.05) is 0 Å². The Labute approximate surface area is 177 Å². The predicted molar refractivity (Wildman–Crippen MR) is 108 cm³/mol. The average Bonchev–Trinajstić information content (AvgIpc) is 3.20. The van der Waals surface area contributed by atoms with E-state index < -0.39 is 54.5 Å². The Morgan fingerprint density at radius 1 is 1.03 bits per heavy atom. The highest BCUT2D eigenvalue weighted by Crippen LogP contribution is 1.99. The number of hydrogen-bond acceptors (Lipinski definition) is 9. The number of nitrogens with zero attached hydrogens (tertiary/aromatic N) is 1. The second-order valence-electron chi connectivity index (χ2n) is 5.96. The van der Waals surface area contributed by atoms with Gasteiger partial charge >= 0.3 is 5.97 Å². The second-order valence-corrected chi connectivity index (χ2v) is 6.69. The van der Waals surface area contributed by atoms with Crippen molar-refractivity contribution in [1.29, 1.82) is 0 Å². The van der Waals surface area contributed by atoms with E-state index in [9.17, 15) is 24.3 Å². The number of aliphatic hydroxyl groups excluding tert-OH is 1. The van der Waals surface area contributed by atoms with Gasteiger partial charge in [0, 0.05) is 29.8 Å². The number of rotatable bonds is 12. The summed E-state index contributed by atoms with van der Waals surface area (Å²) in [6.07, 6.45) is 3.05. The van der Waals surface area contributed by atoms with Crippen molar-refractivity contribution in [3.05, 3.63) is 18.2 Å². The van der Waals surface area contributed by atoms with Crippen LogP contribution in [0.4, 0.5) is 0 Å². The van der Waals surface area contributed by atoms with Gasteiger partial charge in [0.25, 0.3) is 0 Å². The first kappa shape index (κ1) is 24.7. The topological polar surface area (TPSA) is 200 Å². The van der Waals surface area contributed by atoms with Crippen molar-refractivity contribution >= 4 is 48.9 Å². The van der Waals surface area contributed by atoms with Crippen molar-refractivity contribution in [2.45, 2.75) is 30.6 Å². The van der Waals surface area contributed by atoms with Crippen molar-refractivity contribution in [3.8, 4) is 0 Å². The molecule has 0 aliphatic rings. The maximum absolute atomic E-state index is 12.3. The Morgan fingerprint density at radius 2 is 1.59 bits per heavy atom. The standard InChI is InChI=1S/C15H24N6O6S2/c16-8(1-7-2-17-6-18-7)12(23)19-9(3-22)13(24)20-10(4-28)14(25)21-11(5-29)15(26)27/h2,6,8-11,22,28-29H,1,3-5,16H2,(H,17,18)(H,19,23)(H,20,24)(H,21,25)(H,26,27). The number of aliphatic carboxylic acids is 1. The molecule has 0 aliphatic heterocycles. The number of amides is 3. The SMILES string of the molecule is NC(Cc1cnc[nH]1)C(=O)NC(CO)C(=O)NC(CS)C(=O)NC(CS)C(=O)O. The lowest BCUT2D eigenvalue weighted by molar-refractivity contribution is -0.141. The minimum Gasteiger partial charge on any atom is -0.480 e. The summed E-state index contributed by atoms with van der Waals surface area (Å²) in [6, 6.07) is -4.82. The molecule has 0 radical (unpaired) electrons. The van der Waals surface area contributed by atoms with E-state index in [2.05, 4.69) is 51.2 Å². The van der Waals surface area contributed by atoms with E-state index in [4.69, 9.17) is 10.8 Å². The number of nitrogens with one attached hydrogen (secondary N) is 4. The fraction of sp³-hybridized carbons (Fsp3) is 0.533. The van der Waals surface area contributed by atoms with Gasteiger partial charge in [-0.1, -0.05) is 0 Å². The van der Waals surface area contributed by atoms with Gasteiger partial charge < -0.3 is 36.9 Å². The molecule has 1 aromatic heterocycles. The highest BCUT2D eigenvalue weighted by atomic mass is 32.1. The van der Waals surface area contributed by atoms with E-state index in [0.29, 0.717) is 5.69 Å². The van der Waals surface area contributed by atoms with Gasteiger partial charge in [-0.2, -0.15) is 25.3 Å². The van der Waals surface area contributed by atoms with Crippen LogP contribution < -0.4 is 21.7 Å². The van der Waals surface area contributed by atoms with Crippen LogP contribution in [0, 0.1) is 0 Å². The lowest BCUT2D eigenvalue weighted by atomic mass is 10.1. The molecule has 0 aliphatic carbocycles. The first-order valence-electron chi connectivity index (χ1n) is 8.42. The molecule has 0 spiro atoms. The number of carbonyl (C=O) groups excluding carboxylic acids is 3. The highest BCUT2D eigenvalue weighted by Gasteiger charge is 2.29. The zero-order chi connectivity index (χ0) is 22.0. The van der Waals surface area contributed by atoms with Gasteiger partial charge in [0.2, 0.25) is 17.7 Å². The molecule has 0 saturated heterocycles. The van der Waals surface area contributed by atoms with Crippen molar-refractivity contribution in [3.63, 3.8) is 0 Å². The third-order valence-electron chi connectivity index (χ3n) is 3.76. The summed E-state index contributed by atoms with van der Waals surface area (Å²) >= 11 is 7.79. The Hall–Kier alpha value is -2.29. The van der Waals surface area contributed by atoms with Gasteiger partial charge in [-0.05, 0) is 0 Å². The van der Waals surface area contributed by atoms with Crippen LogP contribution in [0.3, 0.4) is 0 Å². The van der Waals surface area contributed by atoms with E-state index >= 15 is 0 Å². The predicted octanol–water partition coefficient (Wildman–Crippen LogP) is -3.33. The van der Waals surface area contributed by atoms with Crippen LogP contribution >= 0.6 is 25.3 Å². The minimum absolute atomic E-state index is 0.133. The fourth-order valence-electron chi connectivity index (χ4n) is 2.12. The van der Waals surface area contributed by atoms with Gasteiger partial charge in [0.1, 0.15) is 18.1 Å². The van der Waals surface area contributed by atoms with Gasteiger partial charge in [-0.25, -0.2) is 9.78 Å². The van der Waals surface area contributed by atoms with Crippen LogP contribution in [0.2, 0.25) is 0 Å². The number of aromatic amines is 1. The van der Waals surface area contributed by atoms with Crippen LogP contribution in [0.5, 0.6) is 0 Å². The summed E-state index contributed by atoms with van der Waals surface area (Å²) < 4.78 is 0. The molecular formula is C15H24N6O6S2. The summed E-state index contributed by atoms with van der Waals surface area (Å²) in [4.78, 5) is 54.2. The Balaban J connectivity index is 2.66. The summed E-state index contributed by atoms with van der Waals surface area (Å²) in [7, 11) is 0. The molecule has 4 atom stereocenters. The Bertz CT molecular complexity index is 703. The molecule has 162 valence electrons. The van der Waals surface area contributed by atoms with E-state index in [0.717, 1.165) is 0 Å². The zero-order valence-electron chi connectivity index (χ0n) is 15.2. The molecule has 1 aromatic rings. The van der Waals surface area contributed by atoms with Gasteiger partial charge in [-0.15, -0.1) is 0 Å². The minimum atomic E-state index is -1.37.